The SMILES string of the molecule is CC1(C)COC(CO[N+](=O)[O-])([C@@]2(ON([O-])O)[C@H](O[N+](=O)[O-])CC3C4CCC5=CC(=O)C=C[C@]5(C)[C@@]4(F)[C@@H](O[N+](=O)[O-])C[C@@]32C)N1[O-]. The molecule has 1 heterocycles. The Kier molecular flexibility index (Phi) is 7.86. The van der Waals surface area contributed by atoms with E-state index in [0.717, 1.165) is 6.08 Å². The van der Waals surface area contributed by atoms with Gasteiger partial charge in [-0.15, -0.1) is 35.7 Å². The molecular weight excluding hydrogens is 629 g/mol. The highest BCUT2D eigenvalue weighted by atomic mass is 19.1. The van der Waals surface area contributed by atoms with Gasteiger partial charge < -0.3 is 39.9 Å². The maximum absolute atomic E-state index is 18.1. The lowest BCUT2D eigenvalue weighted by Crippen LogP contribution is -2.78. The zero-order valence-electron chi connectivity index (χ0n) is 25.1. The number of allylic oxidation sites excluding steroid dienone is 4. The molecule has 5 aliphatic rings. The lowest BCUT2D eigenvalue weighted by Gasteiger charge is -2.66. The number of fused-ring (bicyclic) bond motifs is 5. The molecule has 9 atom stereocenters. The zero-order valence-corrected chi connectivity index (χ0v) is 25.1. The summed E-state index contributed by atoms with van der Waals surface area (Å²) in [5.74, 6) is -2.97. The zero-order chi connectivity index (χ0) is 34.3. The summed E-state index contributed by atoms with van der Waals surface area (Å²) in [4.78, 5) is 67.5. The highest BCUT2D eigenvalue weighted by molar-refractivity contribution is 6.01. The van der Waals surface area contributed by atoms with E-state index >= 15 is 4.39 Å². The number of carbonyl (C=O) groups excluding carboxylic acids is 1. The van der Waals surface area contributed by atoms with Gasteiger partial charge in [0.2, 0.25) is 0 Å². The highest BCUT2D eigenvalue weighted by Gasteiger charge is 2.83. The Bertz CT molecular complexity index is 1400. The second-order valence-corrected chi connectivity index (χ2v) is 13.4. The summed E-state index contributed by atoms with van der Waals surface area (Å²) in [5, 5.41) is 67.1. The highest BCUT2D eigenvalue weighted by Crippen LogP contribution is 2.73. The molecule has 1 aliphatic heterocycles. The van der Waals surface area contributed by atoms with E-state index in [1.54, 1.807) is 0 Å². The Morgan fingerprint density at radius 1 is 1.09 bits per heavy atom. The number of hydrogen-bond acceptors (Lipinski definition) is 17. The third-order valence-electron chi connectivity index (χ3n) is 10.9. The molecule has 1 N–H and O–H groups in total. The summed E-state index contributed by atoms with van der Waals surface area (Å²) in [6.07, 6.45) is -1.94. The van der Waals surface area contributed by atoms with Crippen LogP contribution in [0.15, 0.2) is 23.8 Å². The van der Waals surface area contributed by atoms with Crippen LogP contribution in [0, 0.1) is 63.4 Å². The molecule has 46 heavy (non-hydrogen) atoms. The quantitative estimate of drug-likeness (QED) is 0.259. The van der Waals surface area contributed by atoms with Crippen LogP contribution in [0.1, 0.15) is 53.4 Å². The number of alkyl halides is 1. The van der Waals surface area contributed by atoms with Crippen LogP contribution in [0.5, 0.6) is 0 Å². The van der Waals surface area contributed by atoms with Crippen molar-refractivity contribution >= 4 is 5.78 Å². The Hall–Kier alpha value is -3.60. The molecule has 3 unspecified atom stereocenters. The van der Waals surface area contributed by atoms with Crippen LogP contribution in [0.2, 0.25) is 0 Å². The average Bonchev–Trinajstić information content (AvgIpc) is 3.31. The standard InChI is InChI=1S/C25H32FN5O15/c1-20(2)12-42-23(27(20)33,13-43-28(34)35)25(46-31(40)41)18(44-29(36)37)10-17-16-6-5-14-9-15(32)7-8-21(14,3)24(16,26)19(45-30(38)39)11-22(17,25)4/h7-9,16-19,40H,5-6,10-13H2,1-4H3/q-2/t16?,17?,18-,19+,21+,22+,23?,24+,25-/m1/s1. The molecule has 0 amide bonds. The van der Waals surface area contributed by atoms with Crippen molar-refractivity contribution in [2.75, 3.05) is 13.2 Å². The van der Waals surface area contributed by atoms with E-state index in [1.807, 2.05) is 0 Å². The number of hydroxylamine groups is 2. The Morgan fingerprint density at radius 2 is 1.72 bits per heavy atom. The van der Waals surface area contributed by atoms with Crippen LogP contribution in [0.25, 0.3) is 0 Å². The van der Waals surface area contributed by atoms with Crippen molar-refractivity contribution in [2.24, 2.45) is 22.7 Å². The van der Waals surface area contributed by atoms with Crippen LogP contribution < -0.4 is 0 Å². The summed E-state index contributed by atoms with van der Waals surface area (Å²) >= 11 is 0. The third kappa shape index (κ3) is 4.40. The Balaban J connectivity index is 1.81. The predicted molar refractivity (Wildman–Crippen MR) is 143 cm³/mol. The smallest absolute Gasteiger partial charge is 0.294 e. The molecule has 1 saturated heterocycles. The molecule has 0 aromatic carbocycles. The molecule has 5 rings (SSSR count). The summed E-state index contributed by atoms with van der Waals surface area (Å²) in [6.45, 7) is 3.50. The minimum Gasteiger partial charge on any atom is -0.783 e. The number of hydrogen-bond donors (Lipinski definition) is 1. The predicted octanol–water partition coefficient (Wildman–Crippen LogP) is 2.13. The fourth-order valence-electron chi connectivity index (χ4n) is 9.15. The number of ketones is 1. The van der Waals surface area contributed by atoms with Gasteiger partial charge in [-0.2, -0.15) is 0 Å². The summed E-state index contributed by atoms with van der Waals surface area (Å²) in [7, 11) is 0. The van der Waals surface area contributed by atoms with Crippen molar-refractivity contribution in [3.05, 3.63) is 64.6 Å². The fraction of sp³-hybridized carbons (Fsp3) is 0.800. The molecule has 3 saturated carbocycles. The van der Waals surface area contributed by atoms with Crippen molar-refractivity contribution in [1.29, 1.82) is 0 Å². The molecule has 256 valence electrons. The summed E-state index contributed by atoms with van der Waals surface area (Å²) in [5.41, 5.74) is -13.5. The van der Waals surface area contributed by atoms with E-state index in [1.165, 1.54) is 39.8 Å². The Labute approximate surface area is 259 Å². The first-order valence-corrected chi connectivity index (χ1v) is 14.2. The maximum atomic E-state index is 18.1. The van der Waals surface area contributed by atoms with Crippen molar-refractivity contribution < 1.29 is 53.7 Å². The van der Waals surface area contributed by atoms with Crippen LogP contribution in [0.3, 0.4) is 0 Å². The Morgan fingerprint density at radius 3 is 2.26 bits per heavy atom. The molecule has 0 aromatic heterocycles. The summed E-state index contributed by atoms with van der Waals surface area (Å²) < 4.78 is 24.0. The van der Waals surface area contributed by atoms with Gasteiger partial charge in [-0.1, -0.05) is 18.6 Å². The van der Waals surface area contributed by atoms with Crippen LogP contribution >= 0.6 is 0 Å². The van der Waals surface area contributed by atoms with Gasteiger partial charge in [-0.3, -0.25) is 9.63 Å². The minimum atomic E-state index is -2.95. The largest absolute Gasteiger partial charge is 0.783 e. The third-order valence-corrected chi connectivity index (χ3v) is 10.9. The molecule has 0 aromatic rings. The number of nitrogens with zero attached hydrogens (tertiary/aromatic N) is 5. The van der Waals surface area contributed by atoms with Crippen molar-refractivity contribution in [3.63, 3.8) is 0 Å². The van der Waals surface area contributed by atoms with Gasteiger partial charge in [0.25, 0.3) is 15.3 Å². The molecule has 0 bridgehead atoms. The number of carbonyl (C=O) groups is 1. The van der Waals surface area contributed by atoms with Crippen LogP contribution in [0.4, 0.5) is 4.39 Å². The molecule has 21 heteroatoms. The lowest BCUT2D eigenvalue weighted by molar-refractivity contribution is -0.779. The van der Waals surface area contributed by atoms with Gasteiger partial charge in [0, 0.05) is 22.3 Å². The van der Waals surface area contributed by atoms with Gasteiger partial charge in [0.1, 0.15) is 18.8 Å². The second kappa shape index (κ2) is 10.7. The normalized spacial score (nSPS) is 42.9. The second-order valence-electron chi connectivity index (χ2n) is 13.4. The summed E-state index contributed by atoms with van der Waals surface area (Å²) in [6, 6.07) is 0. The van der Waals surface area contributed by atoms with E-state index < -0.39 is 110 Å². The molecular formula is C25H32FN5O15-2. The van der Waals surface area contributed by atoms with E-state index in [2.05, 4.69) is 4.84 Å². The molecule has 20 nitrogen and oxygen atoms in total. The van der Waals surface area contributed by atoms with Crippen molar-refractivity contribution in [2.45, 2.75) is 88.1 Å². The minimum absolute atomic E-state index is 0.0930. The molecule has 0 spiro atoms. The topological polar surface area (TPSA) is 265 Å². The van der Waals surface area contributed by atoms with E-state index in [4.69, 9.17) is 19.2 Å². The average molecular weight is 662 g/mol. The van der Waals surface area contributed by atoms with E-state index in [9.17, 15) is 50.8 Å². The van der Waals surface area contributed by atoms with Crippen LogP contribution in [-0.2, 0) is 28.9 Å². The van der Waals surface area contributed by atoms with Crippen LogP contribution in [-0.4, -0.2) is 84.7 Å². The first kappa shape index (κ1) is 33.8. The fourth-order valence-corrected chi connectivity index (χ4v) is 9.15. The van der Waals surface area contributed by atoms with Gasteiger partial charge in [-0.25, -0.2) is 4.39 Å². The molecule has 4 fully saturated rings. The first-order valence-electron chi connectivity index (χ1n) is 14.2. The van der Waals surface area contributed by atoms with Gasteiger partial charge >= 0.3 is 0 Å². The molecule has 4 aliphatic carbocycles. The van der Waals surface area contributed by atoms with Crippen molar-refractivity contribution in [1.82, 2.24) is 10.5 Å². The van der Waals surface area contributed by atoms with Crippen molar-refractivity contribution in [3.8, 4) is 0 Å². The first-order chi connectivity index (χ1) is 21.2. The molecule has 0 radical (unpaired) electrons. The number of halogens is 1. The van der Waals surface area contributed by atoms with E-state index in [0.29, 0.717) is 5.57 Å². The monoisotopic (exact) mass is 661 g/mol. The number of ether oxygens (including phenoxy) is 1. The van der Waals surface area contributed by atoms with Gasteiger partial charge in [-0.05, 0) is 64.5 Å². The van der Waals surface area contributed by atoms with E-state index in [-0.39, 0.29) is 17.9 Å². The lowest BCUT2D eigenvalue weighted by atomic mass is 9.44. The van der Waals surface area contributed by atoms with Gasteiger partial charge in [0.05, 0.1) is 6.61 Å². The maximum Gasteiger partial charge on any atom is 0.294 e. The van der Waals surface area contributed by atoms with Gasteiger partial charge in [0.15, 0.2) is 22.8 Å². The number of rotatable bonds is 10.